The van der Waals surface area contributed by atoms with Gasteiger partial charge in [-0.2, -0.15) is 0 Å². The summed E-state index contributed by atoms with van der Waals surface area (Å²) in [6.07, 6.45) is 0.709. The molecule has 1 amide bonds. The lowest BCUT2D eigenvalue weighted by Gasteiger charge is -2.10. The maximum atomic E-state index is 12.1. The van der Waals surface area contributed by atoms with Crippen molar-refractivity contribution < 1.29 is 9.53 Å². The molecule has 5 nitrogen and oxygen atoms in total. The number of hydrogen-bond acceptors (Lipinski definition) is 5. The third-order valence-electron chi connectivity index (χ3n) is 2.83. The van der Waals surface area contributed by atoms with Crippen molar-refractivity contribution >= 4 is 22.9 Å². The zero-order valence-electron chi connectivity index (χ0n) is 11.5. The van der Waals surface area contributed by atoms with Crippen LogP contribution in [0.3, 0.4) is 0 Å². The molecular weight excluding hydrogens is 274 g/mol. The Bertz CT molecular complexity index is 610. The Balaban J connectivity index is 1.97. The Hall–Kier alpha value is -2.08. The van der Waals surface area contributed by atoms with Gasteiger partial charge in [-0.25, -0.2) is 4.98 Å². The molecule has 0 radical (unpaired) electrons. The van der Waals surface area contributed by atoms with Gasteiger partial charge in [0.1, 0.15) is 0 Å². The van der Waals surface area contributed by atoms with Crippen molar-refractivity contribution in [2.75, 3.05) is 19.4 Å². The number of hydrogen-bond donors (Lipinski definition) is 2. The van der Waals surface area contributed by atoms with Gasteiger partial charge in [-0.15, -0.1) is 11.3 Å². The summed E-state index contributed by atoms with van der Waals surface area (Å²) in [4.78, 5) is 16.5. The average Bonchev–Trinajstić information content (AvgIpc) is 2.84. The van der Waals surface area contributed by atoms with Crippen LogP contribution >= 0.6 is 11.3 Å². The number of benzene rings is 1. The normalized spacial score (nSPS) is 10.3. The van der Waals surface area contributed by atoms with E-state index in [4.69, 9.17) is 10.5 Å². The van der Waals surface area contributed by atoms with E-state index in [0.29, 0.717) is 30.0 Å². The lowest BCUT2D eigenvalue weighted by Crippen LogP contribution is -2.26. The molecule has 0 aliphatic rings. The molecule has 1 aromatic carbocycles. The molecule has 0 unspecified atom stereocenters. The number of amides is 1. The summed E-state index contributed by atoms with van der Waals surface area (Å²) in [6.45, 7) is 2.49. The second-order valence-corrected chi connectivity index (χ2v) is 5.35. The van der Waals surface area contributed by atoms with Crippen molar-refractivity contribution in [2.24, 2.45) is 0 Å². The second-order valence-electron chi connectivity index (χ2n) is 4.29. The van der Waals surface area contributed by atoms with E-state index >= 15 is 0 Å². The molecule has 0 fully saturated rings. The van der Waals surface area contributed by atoms with E-state index in [1.54, 1.807) is 29.5 Å². The Kier molecular flexibility index (Phi) is 4.57. The summed E-state index contributed by atoms with van der Waals surface area (Å²) >= 11 is 1.61. The average molecular weight is 291 g/mol. The van der Waals surface area contributed by atoms with Crippen LogP contribution in [-0.4, -0.2) is 24.5 Å². The first-order valence-electron chi connectivity index (χ1n) is 6.23. The van der Waals surface area contributed by atoms with Crippen LogP contribution in [0.4, 0.5) is 5.69 Å². The highest BCUT2D eigenvalue weighted by Gasteiger charge is 2.13. The Morgan fingerprint density at radius 3 is 2.95 bits per heavy atom. The fourth-order valence-electron chi connectivity index (χ4n) is 1.88. The number of nitrogens with one attached hydrogen (secondary N) is 1. The number of nitrogens with zero attached hydrogens (tertiary/aromatic N) is 1. The van der Waals surface area contributed by atoms with Crippen LogP contribution in [0, 0.1) is 6.92 Å². The number of nitrogen functional groups attached to an aromatic ring is 1. The van der Waals surface area contributed by atoms with Gasteiger partial charge in [0, 0.05) is 18.3 Å². The molecule has 0 atom stereocenters. The molecule has 0 saturated carbocycles. The van der Waals surface area contributed by atoms with Crippen molar-refractivity contribution in [3.05, 3.63) is 39.8 Å². The topological polar surface area (TPSA) is 77.2 Å². The molecule has 20 heavy (non-hydrogen) atoms. The van der Waals surface area contributed by atoms with E-state index in [0.717, 1.165) is 10.7 Å². The maximum absolute atomic E-state index is 12.1. The Morgan fingerprint density at radius 2 is 2.30 bits per heavy atom. The molecule has 0 spiro atoms. The van der Waals surface area contributed by atoms with Crippen LogP contribution in [-0.2, 0) is 6.42 Å². The number of carbonyl (C=O) groups is 1. The molecule has 1 heterocycles. The van der Waals surface area contributed by atoms with Crippen LogP contribution in [0.15, 0.2) is 23.6 Å². The maximum Gasteiger partial charge on any atom is 0.255 e. The minimum Gasteiger partial charge on any atom is -0.494 e. The highest BCUT2D eigenvalue weighted by molar-refractivity contribution is 7.09. The van der Waals surface area contributed by atoms with Crippen LogP contribution in [0.5, 0.6) is 5.75 Å². The van der Waals surface area contributed by atoms with Crippen molar-refractivity contribution in [2.45, 2.75) is 13.3 Å². The first kappa shape index (κ1) is 14.3. The molecule has 3 N–H and O–H groups in total. The number of para-hydroxylation sites is 1. The number of rotatable bonds is 5. The van der Waals surface area contributed by atoms with E-state index in [2.05, 4.69) is 10.3 Å². The van der Waals surface area contributed by atoms with Crippen molar-refractivity contribution in [1.82, 2.24) is 10.3 Å². The highest BCUT2D eigenvalue weighted by atomic mass is 32.1. The highest BCUT2D eigenvalue weighted by Crippen LogP contribution is 2.25. The lowest BCUT2D eigenvalue weighted by atomic mass is 10.1. The van der Waals surface area contributed by atoms with Crippen molar-refractivity contribution in [1.29, 1.82) is 0 Å². The number of ether oxygens (including phenoxy) is 1. The number of methoxy groups -OCH3 is 1. The number of aryl methyl sites for hydroxylation is 1. The zero-order chi connectivity index (χ0) is 14.5. The molecule has 6 heteroatoms. The monoisotopic (exact) mass is 291 g/mol. The molecule has 2 aromatic rings. The van der Waals surface area contributed by atoms with Gasteiger partial charge >= 0.3 is 0 Å². The molecule has 0 aliphatic carbocycles. The van der Waals surface area contributed by atoms with Gasteiger partial charge in [-0.1, -0.05) is 6.07 Å². The largest absolute Gasteiger partial charge is 0.494 e. The number of nitrogens with two attached hydrogens (primary N) is 1. The van der Waals surface area contributed by atoms with Gasteiger partial charge in [0.05, 0.1) is 29.1 Å². The van der Waals surface area contributed by atoms with Gasteiger partial charge in [0.25, 0.3) is 5.91 Å². The summed E-state index contributed by atoms with van der Waals surface area (Å²) in [5, 5.41) is 5.88. The van der Waals surface area contributed by atoms with Crippen molar-refractivity contribution in [3.63, 3.8) is 0 Å². The fourth-order valence-corrected chi connectivity index (χ4v) is 2.53. The van der Waals surface area contributed by atoms with Gasteiger partial charge in [0.2, 0.25) is 0 Å². The van der Waals surface area contributed by atoms with Crippen LogP contribution in [0.2, 0.25) is 0 Å². The molecule has 0 aliphatic heterocycles. The van der Waals surface area contributed by atoms with E-state index in [-0.39, 0.29) is 5.91 Å². The van der Waals surface area contributed by atoms with Gasteiger partial charge in [-0.05, 0) is 19.1 Å². The standard InChI is InChI=1S/C14H17N3O2S/c1-9-17-10(8-20-9)6-7-16-14(18)11-4-3-5-12(15)13(11)19-2/h3-5,8H,6-7,15H2,1-2H3,(H,16,18). The van der Waals surface area contributed by atoms with Crippen molar-refractivity contribution in [3.8, 4) is 5.75 Å². The van der Waals surface area contributed by atoms with Crippen LogP contribution in [0.1, 0.15) is 21.1 Å². The van der Waals surface area contributed by atoms with E-state index < -0.39 is 0 Å². The summed E-state index contributed by atoms with van der Waals surface area (Å²) in [7, 11) is 1.50. The fraction of sp³-hybridized carbons (Fsp3) is 0.286. The van der Waals surface area contributed by atoms with Gasteiger partial charge in [0.15, 0.2) is 5.75 Å². The van der Waals surface area contributed by atoms with Gasteiger partial charge in [-0.3, -0.25) is 4.79 Å². The molecule has 0 bridgehead atoms. The Labute approximate surface area is 121 Å². The number of carbonyl (C=O) groups excluding carboxylic acids is 1. The van der Waals surface area contributed by atoms with Crippen LogP contribution < -0.4 is 15.8 Å². The predicted molar refractivity (Wildman–Crippen MR) is 80.3 cm³/mol. The number of thiazole rings is 1. The molecule has 0 saturated heterocycles. The zero-order valence-corrected chi connectivity index (χ0v) is 12.3. The third kappa shape index (κ3) is 3.27. The second kappa shape index (κ2) is 6.38. The first-order valence-corrected chi connectivity index (χ1v) is 7.11. The lowest BCUT2D eigenvalue weighted by molar-refractivity contribution is 0.0951. The third-order valence-corrected chi connectivity index (χ3v) is 3.65. The van der Waals surface area contributed by atoms with Crippen LogP contribution in [0.25, 0.3) is 0 Å². The minimum atomic E-state index is -0.193. The van der Waals surface area contributed by atoms with E-state index in [1.807, 2.05) is 12.3 Å². The minimum absolute atomic E-state index is 0.193. The number of aromatic nitrogens is 1. The Morgan fingerprint density at radius 1 is 1.50 bits per heavy atom. The molecule has 106 valence electrons. The number of anilines is 1. The summed E-state index contributed by atoms with van der Waals surface area (Å²) < 4.78 is 5.17. The van der Waals surface area contributed by atoms with Gasteiger partial charge < -0.3 is 15.8 Å². The summed E-state index contributed by atoms with van der Waals surface area (Å²) in [6, 6.07) is 5.13. The smallest absolute Gasteiger partial charge is 0.255 e. The molecule has 1 aromatic heterocycles. The predicted octanol–water partition coefficient (Wildman–Crippen LogP) is 2.01. The van der Waals surface area contributed by atoms with E-state index in [9.17, 15) is 4.79 Å². The summed E-state index contributed by atoms with van der Waals surface area (Å²) in [5.41, 5.74) is 7.67. The molecule has 2 rings (SSSR count). The van der Waals surface area contributed by atoms with E-state index in [1.165, 1.54) is 7.11 Å². The first-order chi connectivity index (χ1) is 9.61. The quantitative estimate of drug-likeness (QED) is 0.826. The summed E-state index contributed by atoms with van der Waals surface area (Å²) in [5.74, 6) is 0.218. The molecular formula is C14H17N3O2S. The SMILES string of the molecule is COc1c(N)cccc1C(=O)NCCc1csc(C)n1.